The molecule has 0 radical (unpaired) electrons. The van der Waals surface area contributed by atoms with Gasteiger partial charge in [0.1, 0.15) is 6.04 Å². The fourth-order valence-electron chi connectivity index (χ4n) is 3.62. The Kier molecular flexibility index (Phi) is 7.59. The van der Waals surface area contributed by atoms with E-state index in [4.69, 9.17) is 11.6 Å². The molecule has 0 unspecified atom stereocenters. The van der Waals surface area contributed by atoms with Crippen molar-refractivity contribution in [3.63, 3.8) is 0 Å². The molecule has 0 spiro atoms. The number of fused-ring (bicyclic) bond motifs is 1. The van der Waals surface area contributed by atoms with Crippen LogP contribution in [0.5, 0.6) is 0 Å². The molecule has 32 heavy (non-hydrogen) atoms. The molecule has 0 saturated heterocycles. The van der Waals surface area contributed by atoms with Gasteiger partial charge >= 0.3 is 0 Å². The van der Waals surface area contributed by atoms with Crippen molar-refractivity contribution in [3.8, 4) is 0 Å². The Bertz CT molecular complexity index is 1100. The lowest BCUT2D eigenvalue weighted by molar-refractivity contribution is -0.123. The standard InChI is InChI=1S/C23H28ClN3O4S/c1-4-21(28)27-12-11-17-13-19(9-10-20(17)27)32(30,31)26-22(15(2)3)23(29)25-14-16-5-7-18(24)8-6-16/h5-10,13,15,22,26H,4,11-12,14H2,1-3H3,(H,25,29)/t22-/m0/s1. The molecule has 1 aliphatic rings. The second kappa shape index (κ2) is 10.0. The Morgan fingerprint density at radius 1 is 1.12 bits per heavy atom. The molecule has 172 valence electrons. The molecule has 0 saturated carbocycles. The molecule has 2 aromatic carbocycles. The van der Waals surface area contributed by atoms with E-state index >= 15 is 0 Å². The van der Waals surface area contributed by atoms with Crippen LogP contribution in [0.3, 0.4) is 0 Å². The first-order chi connectivity index (χ1) is 15.1. The maximum atomic E-state index is 13.0. The van der Waals surface area contributed by atoms with E-state index in [0.717, 1.165) is 16.8 Å². The monoisotopic (exact) mass is 477 g/mol. The highest BCUT2D eigenvalue weighted by molar-refractivity contribution is 7.89. The molecule has 0 bridgehead atoms. The molecule has 2 aromatic rings. The quantitative estimate of drug-likeness (QED) is 0.610. The Morgan fingerprint density at radius 3 is 2.44 bits per heavy atom. The van der Waals surface area contributed by atoms with E-state index in [9.17, 15) is 18.0 Å². The van der Waals surface area contributed by atoms with Crippen molar-refractivity contribution in [2.45, 2.75) is 51.1 Å². The first-order valence-electron chi connectivity index (χ1n) is 10.6. The number of hydrogen-bond acceptors (Lipinski definition) is 4. The molecular formula is C23H28ClN3O4S. The zero-order chi connectivity index (χ0) is 23.5. The topological polar surface area (TPSA) is 95.6 Å². The van der Waals surface area contributed by atoms with Crippen LogP contribution in [0.4, 0.5) is 5.69 Å². The van der Waals surface area contributed by atoms with Gasteiger partial charge in [-0.15, -0.1) is 0 Å². The molecule has 3 rings (SSSR count). The van der Waals surface area contributed by atoms with Gasteiger partial charge in [0.05, 0.1) is 4.90 Å². The summed E-state index contributed by atoms with van der Waals surface area (Å²) in [5.74, 6) is -0.656. The molecule has 9 heteroatoms. The van der Waals surface area contributed by atoms with Crippen LogP contribution >= 0.6 is 11.6 Å². The third kappa shape index (κ3) is 5.49. The summed E-state index contributed by atoms with van der Waals surface area (Å²) in [4.78, 5) is 26.6. The third-order valence-corrected chi connectivity index (χ3v) is 7.16. The minimum absolute atomic E-state index is 0.00899. The summed E-state index contributed by atoms with van der Waals surface area (Å²) in [5.41, 5.74) is 2.41. The van der Waals surface area contributed by atoms with E-state index in [1.54, 1.807) is 62.1 Å². The number of benzene rings is 2. The van der Waals surface area contributed by atoms with Gasteiger partial charge in [0.2, 0.25) is 21.8 Å². The lowest BCUT2D eigenvalue weighted by Crippen LogP contribution is -2.49. The third-order valence-electron chi connectivity index (χ3n) is 5.47. The van der Waals surface area contributed by atoms with Crippen LogP contribution in [-0.2, 0) is 32.6 Å². The summed E-state index contributed by atoms with van der Waals surface area (Å²) in [6, 6.07) is 10.9. The molecule has 2 amide bonds. The second-order valence-corrected chi connectivity index (χ2v) is 10.3. The molecule has 2 N–H and O–H groups in total. The summed E-state index contributed by atoms with van der Waals surface area (Å²) >= 11 is 5.88. The number of halogens is 1. The van der Waals surface area contributed by atoms with Crippen molar-refractivity contribution >= 4 is 39.1 Å². The zero-order valence-electron chi connectivity index (χ0n) is 18.4. The van der Waals surface area contributed by atoms with Gasteiger partial charge in [0, 0.05) is 30.2 Å². The van der Waals surface area contributed by atoms with E-state index in [-0.39, 0.29) is 23.3 Å². The molecule has 0 aliphatic carbocycles. The number of carbonyl (C=O) groups excluding carboxylic acids is 2. The van der Waals surface area contributed by atoms with Gasteiger partial charge in [-0.2, -0.15) is 4.72 Å². The van der Waals surface area contributed by atoms with Crippen LogP contribution in [-0.4, -0.2) is 32.8 Å². The summed E-state index contributed by atoms with van der Waals surface area (Å²) in [6.45, 7) is 6.17. The van der Waals surface area contributed by atoms with Gasteiger partial charge in [-0.05, 0) is 53.8 Å². The molecule has 0 fully saturated rings. The van der Waals surface area contributed by atoms with E-state index in [1.807, 2.05) is 0 Å². The Hall–Kier alpha value is -2.42. The van der Waals surface area contributed by atoms with Crippen LogP contribution in [0.2, 0.25) is 5.02 Å². The van der Waals surface area contributed by atoms with Gasteiger partial charge in [-0.25, -0.2) is 8.42 Å². The van der Waals surface area contributed by atoms with Crippen molar-refractivity contribution < 1.29 is 18.0 Å². The van der Waals surface area contributed by atoms with Crippen molar-refractivity contribution in [2.75, 3.05) is 11.4 Å². The van der Waals surface area contributed by atoms with E-state index in [1.165, 1.54) is 6.07 Å². The summed E-state index contributed by atoms with van der Waals surface area (Å²) in [5, 5.41) is 3.39. The van der Waals surface area contributed by atoms with Crippen LogP contribution in [0.1, 0.15) is 38.3 Å². The van der Waals surface area contributed by atoms with Gasteiger partial charge in [0.25, 0.3) is 0 Å². The molecule has 1 heterocycles. The van der Waals surface area contributed by atoms with Crippen LogP contribution in [0.25, 0.3) is 0 Å². The highest BCUT2D eigenvalue weighted by Crippen LogP contribution is 2.30. The summed E-state index contributed by atoms with van der Waals surface area (Å²) in [6.07, 6.45) is 0.988. The van der Waals surface area contributed by atoms with E-state index in [0.29, 0.717) is 24.4 Å². The highest BCUT2D eigenvalue weighted by Gasteiger charge is 2.30. The fraction of sp³-hybridized carbons (Fsp3) is 0.391. The van der Waals surface area contributed by atoms with Gasteiger partial charge in [0.15, 0.2) is 0 Å². The average Bonchev–Trinajstić information content (AvgIpc) is 3.19. The molecule has 0 aromatic heterocycles. The van der Waals surface area contributed by atoms with Gasteiger partial charge in [-0.1, -0.05) is 44.5 Å². The van der Waals surface area contributed by atoms with E-state index in [2.05, 4.69) is 10.0 Å². The number of anilines is 1. The van der Waals surface area contributed by atoms with Crippen LogP contribution < -0.4 is 14.9 Å². The normalized spacial score (nSPS) is 14.3. The summed E-state index contributed by atoms with van der Waals surface area (Å²) in [7, 11) is -3.93. The number of rotatable bonds is 8. The summed E-state index contributed by atoms with van der Waals surface area (Å²) < 4.78 is 28.6. The van der Waals surface area contributed by atoms with E-state index < -0.39 is 22.0 Å². The molecule has 1 aliphatic heterocycles. The van der Waals surface area contributed by atoms with Crippen molar-refractivity contribution in [3.05, 3.63) is 58.6 Å². The second-order valence-electron chi connectivity index (χ2n) is 8.13. The highest BCUT2D eigenvalue weighted by atomic mass is 35.5. The molecule has 1 atom stereocenters. The molecule has 7 nitrogen and oxygen atoms in total. The maximum absolute atomic E-state index is 13.0. The number of amides is 2. The Labute approximate surface area is 194 Å². The van der Waals surface area contributed by atoms with Gasteiger partial charge in [-0.3, -0.25) is 9.59 Å². The van der Waals surface area contributed by atoms with Crippen molar-refractivity contribution in [2.24, 2.45) is 5.92 Å². The number of nitrogens with one attached hydrogen (secondary N) is 2. The number of carbonyl (C=O) groups is 2. The predicted molar refractivity (Wildman–Crippen MR) is 125 cm³/mol. The van der Waals surface area contributed by atoms with Gasteiger partial charge < -0.3 is 10.2 Å². The minimum atomic E-state index is -3.93. The van der Waals surface area contributed by atoms with Crippen molar-refractivity contribution in [1.82, 2.24) is 10.0 Å². The van der Waals surface area contributed by atoms with Crippen LogP contribution in [0.15, 0.2) is 47.4 Å². The first kappa shape index (κ1) is 24.2. The predicted octanol–water partition coefficient (Wildman–Crippen LogP) is 3.26. The Morgan fingerprint density at radius 2 is 1.81 bits per heavy atom. The average molecular weight is 478 g/mol. The smallest absolute Gasteiger partial charge is 0.241 e. The molecular weight excluding hydrogens is 450 g/mol. The lowest BCUT2D eigenvalue weighted by atomic mass is 10.0. The maximum Gasteiger partial charge on any atom is 0.241 e. The minimum Gasteiger partial charge on any atom is -0.351 e. The zero-order valence-corrected chi connectivity index (χ0v) is 20.0. The first-order valence-corrected chi connectivity index (χ1v) is 12.5. The SMILES string of the molecule is CCC(=O)N1CCc2cc(S(=O)(=O)N[C@H](C(=O)NCc3ccc(Cl)cc3)C(C)C)ccc21. The number of sulfonamides is 1. The number of hydrogen-bond donors (Lipinski definition) is 2. The van der Waals surface area contributed by atoms with Crippen molar-refractivity contribution in [1.29, 1.82) is 0 Å². The lowest BCUT2D eigenvalue weighted by Gasteiger charge is -2.22. The Balaban J connectivity index is 1.73. The van der Waals surface area contributed by atoms with Crippen LogP contribution in [0, 0.1) is 5.92 Å². The fourth-order valence-corrected chi connectivity index (χ4v) is 5.14. The largest absolute Gasteiger partial charge is 0.351 e. The number of nitrogens with zero attached hydrogens (tertiary/aromatic N) is 1.